The Hall–Kier alpha value is -3.01. The number of ether oxygens (including phenoxy) is 3. The molecule has 122 valence electrons. The minimum atomic E-state index is -0.699. The molecule has 2 N–H and O–H groups in total. The van der Waals surface area contributed by atoms with Crippen LogP contribution in [0.1, 0.15) is 19.4 Å². The fourth-order valence-electron chi connectivity index (χ4n) is 1.62. The number of hydrogen-bond donors (Lipinski definition) is 1. The zero-order chi connectivity index (χ0) is 17.4. The topological polar surface area (TPSA) is 112 Å². The maximum atomic E-state index is 11.8. The molecule has 1 aromatic carbocycles. The Bertz CT molecular complexity index is 659. The molecule has 7 nitrogen and oxygen atoms in total. The van der Waals surface area contributed by atoms with Crippen LogP contribution >= 0.6 is 0 Å². The molecule has 0 saturated heterocycles. The predicted molar refractivity (Wildman–Crippen MR) is 82.5 cm³/mol. The highest BCUT2D eigenvalue weighted by Gasteiger charge is 2.13. The fraction of sp³-hybridized carbons (Fsp3) is 0.312. The van der Waals surface area contributed by atoms with Crippen LogP contribution in [-0.2, 0) is 14.3 Å². The molecule has 0 spiro atoms. The molecule has 23 heavy (non-hydrogen) atoms. The second-order valence-corrected chi connectivity index (χ2v) is 4.79. The second kappa shape index (κ2) is 8.44. The highest BCUT2D eigenvalue weighted by molar-refractivity contribution is 5.98. The lowest BCUT2D eigenvalue weighted by Crippen LogP contribution is -2.20. The van der Waals surface area contributed by atoms with Crippen molar-refractivity contribution in [3.05, 3.63) is 29.3 Å². The van der Waals surface area contributed by atoms with Gasteiger partial charge in [-0.15, -0.1) is 0 Å². The van der Waals surface area contributed by atoms with E-state index in [1.807, 2.05) is 0 Å². The minimum Gasteiger partial charge on any atom is -0.493 e. The molecule has 0 radical (unpaired) electrons. The number of carbonyl (C=O) groups is 2. The molecule has 0 aliphatic carbocycles. The van der Waals surface area contributed by atoms with E-state index in [0.717, 1.165) is 0 Å². The monoisotopic (exact) mass is 318 g/mol. The number of esters is 1. The molecular formula is C16H18N2O5. The third-order valence-corrected chi connectivity index (χ3v) is 2.55. The number of nitrogens with two attached hydrogens (primary N) is 1. The van der Waals surface area contributed by atoms with Crippen molar-refractivity contribution in [2.45, 2.75) is 20.0 Å². The molecule has 7 heteroatoms. The van der Waals surface area contributed by atoms with Crippen molar-refractivity contribution in [2.75, 3.05) is 13.7 Å². The van der Waals surface area contributed by atoms with Gasteiger partial charge < -0.3 is 19.9 Å². The van der Waals surface area contributed by atoms with Gasteiger partial charge in [0.1, 0.15) is 11.6 Å². The number of carbonyl (C=O) groups excluding carboxylic acids is 2. The minimum absolute atomic E-state index is 0.133. The summed E-state index contributed by atoms with van der Waals surface area (Å²) < 4.78 is 15.3. The maximum Gasteiger partial charge on any atom is 0.349 e. The average molecular weight is 318 g/mol. The highest BCUT2D eigenvalue weighted by atomic mass is 16.5. The SMILES string of the molecule is COc1cc(C=C(C#N)C(=O)OC(C)C)ccc1OCC(N)=O. The molecule has 1 aromatic rings. The van der Waals surface area contributed by atoms with Crippen LogP contribution in [0, 0.1) is 11.3 Å². The lowest BCUT2D eigenvalue weighted by molar-refractivity contribution is -0.142. The Balaban J connectivity index is 3.04. The van der Waals surface area contributed by atoms with Crippen molar-refractivity contribution in [3.8, 4) is 17.6 Å². The van der Waals surface area contributed by atoms with Gasteiger partial charge in [0.25, 0.3) is 5.91 Å². The van der Waals surface area contributed by atoms with Gasteiger partial charge in [0, 0.05) is 0 Å². The van der Waals surface area contributed by atoms with Crippen LogP contribution in [0.3, 0.4) is 0 Å². The van der Waals surface area contributed by atoms with Gasteiger partial charge in [-0.25, -0.2) is 4.79 Å². The normalized spacial score (nSPS) is 10.8. The van der Waals surface area contributed by atoms with Gasteiger partial charge >= 0.3 is 5.97 Å². The van der Waals surface area contributed by atoms with Gasteiger partial charge in [-0.05, 0) is 37.6 Å². The molecule has 0 aromatic heterocycles. The van der Waals surface area contributed by atoms with Crippen LogP contribution in [0.25, 0.3) is 6.08 Å². The zero-order valence-corrected chi connectivity index (χ0v) is 13.2. The van der Waals surface area contributed by atoms with Gasteiger partial charge in [0.15, 0.2) is 18.1 Å². The number of nitrogens with zero attached hydrogens (tertiary/aromatic N) is 1. The van der Waals surface area contributed by atoms with Crippen LogP contribution in [-0.4, -0.2) is 31.7 Å². The zero-order valence-electron chi connectivity index (χ0n) is 13.2. The van der Waals surface area contributed by atoms with E-state index in [2.05, 4.69) is 0 Å². The quantitative estimate of drug-likeness (QED) is 0.462. The number of amides is 1. The Kier molecular flexibility index (Phi) is 6.62. The van der Waals surface area contributed by atoms with E-state index in [0.29, 0.717) is 17.1 Å². The van der Waals surface area contributed by atoms with E-state index >= 15 is 0 Å². The summed E-state index contributed by atoms with van der Waals surface area (Å²) in [5.41, 5.74) is 5.43. The first-order valence-corrected chi connectivity index (χ1v) is 6.79. The van der Waals surface area contributed by atoms with E-state index in [9.17, 15) is 9.59 Å². The standard InChI is InChI=1S/C16H18N2O5/c1-10(2)23-16(20)12(8-17)6-11-4-5-13(14(7-11)21-3)22-9-15(18)19/h4-7,10H,9H2,1-3H3,(H2,18,19). The van der Waals surface area contributed by atoms with Gasteiger partial charge in [0.05, 0.1) is 13.2 Å². The van der Waals surface area contributed by atoms with Gasteiger partial charge in [0.2, 0.25) is 0 Å². The first-order chi connectivity index (χ1) is 10.9. The van der Waals surface area contributed by atoms with Gasteiger partial charge in [-0.3, -0.25) is 4.79 Å². The number of rotatable bonds is 7. The molecule has 1 rings (SSSR count). The molecule has 0 saturated carbocycles. The second-order valence-electron chi connectivity index (χ2n) is 4.79. The van der Waals surface area contributed by atoms with Crippen molar-refractivity contribution in [3.63, 3.8) is 0 Å². The number of hydrogen-bond acceptors (Lipinski definition) is 6. The molecule has 0 atom stereocenters. The summed E-state index contributed by atoms with van der Waals surface area (Å²) in [6, 6.07) is 6.53. The third kappa shape index (κ3) is 5.71. The average Bonchev–Trinajstić information content (AvgIpc) is 2.49. The highest BCUT2D eigenvalue weighted by Crippen LogP contribution is 2.29. The van der Waals surface area contributed by atoms with Crippen LogP contribution in [0.15, 0.2) is 23.8 Å². The van der Waals surface area contributed by atoms with E-state index in [1.165, 1.54) is 13.2 Å². The molecule has 0 aliphatic heterocycles. The molecule has 0 aliphatic rings. The first-order valence-electron chi connectivity index (χ1n) is 6.79. The third-order valence-electron chi connectivity index (χ3n) is 2.55. The van der Waals surface area contributed by atoms with E-state index < -0.39 is 11.9 Å². The van der Waals surface area contributed by atoms with Crippen LogP contribution in [0.4, 0.5) is 0 Å². The number of nitriles is 1. The molecule has 1 amide bonds. The summed E-state index contributed by atoms with van der Waals surface area (Å²) in [6.45, 7) is 3.11. The van der Waals surface area contributed by atoms with Gasteiger partial charge in [-0.2, -0.15) is 5.26 Å². The molecule has 0 fully saturated rings. The van der Waals surface area contributed by atoms with Crippen LogP contribution in [0.5, 0.6) is 11.5 Å². The van der Waals surface area contributed by atoms with E-state index in [-0.39, 0.29) is 18.3 Å². The Morgan fingerprint density at radius 2 is 2.04 bits per heavy atom. The Morgan fingerprint density at radius 3 is 2.57 bits per heavy atom. The molecule has 0 heterocycles. The summed E-state index contributed by atoms with van der Waals surface area (Å²) in [5, 5.41) is 9.07. The molecule has 0 unspecified atom stereocenters. The predicted octanol–water partition coefficient (Wildman–Crippen LogP) is 1.42. The summed E-state index contributed by atoms with van der Waals surface area (Å²) >= 11 is 0. The molecule has 0 bridgehead atoms. The Labute approximate surface area is 134 Å². The van der Waals surface area contributed by atoms with E-state index in [4.69, 9.17) is 25.2 Å². The number of methoxy groups -OCH3 is 1. The van der Waals surface area contributed by atoms with Crippen molar-refractivity contribution in [2.24, 2.45) is 5.73 Å². The van der Waals surface area contributed by atoms with Crippen molar-refractivity contribution in [1.29, 1.82) is 5.26 Å². The summed E-state index contributed by atoms with van der Waals surface area (Å²) in [6.07, 6.45) is 1.06. The lowest BCUT2D eigenvalue weighted by atomic mass is 10.1. The fourth-order valence-corrected chi connectivity index (χ4v) is 1.62. The van der Waals surface area contributed by atoms with Crippen LogP contribution < -0.4 is 15.2 Å². The van der Waals surface area contributed by atoms with Crippen molar-refractivity contribution in [1.82, 2.24) is 0 Å². The molecular weight excluding hydrogens is 300 g/mol. The van der Waals surface area contributed by atoms with Crippen LogP contribution in [0.2, 0.25) is 0 Å². The lowest BCUT2D eigenvalue weighted by Gasteiger charge is -2.10. The van der Waals surface area contributed by atoms with Gasteiger partial charge in [-0.1, -0.05) is 6.07 Å². The number of primary amides is 1. The van der Waals surface area contributed by atoms with Crippen molar-refractivity contribution >= 4 is 18.0 Å². The summed E-state index contributed by atoms with van der Waals surface area (Å²) in [4.78, 5) is 22.5. The summed E-state index contributed by atoms with van der Waals surface area (Å²) in [7, 11) is 1.43. The van der Waals surface area contributed by atoms with E-state index in [1.54, 1.807) is 38.1 Å². The summed E-state index contributed by atoms with van der Waals surface area (Å²) in [5.74, 6) is -0.643. The Morgan fingerprint density at radius 1 is 1.35 bits per heavy atom. The first kappa shape index (κ1) is 18.0. The van der Waals surface area contributed by atoms with Crippen molar-refractivity contribution < 1.29 is 23.8 Å². The smallest absolute Gasteiger partial charge is 0.349 e. The maximum absolute atomic E-state index is 11.8. The number of benzene rings is 1. The largest absolute Gasteiger partial charge is 0.493 e.